The fourth-order valence-corrected chi connectivity index (χ4v) is 5.67. The van der Waals surface area contributed by atoms with E-state index in [2.05, 4.69) is 5.32 Å². The smallest absolute Gasteiger partial charge is 0.269 e. The monoisotopic (exact) mass is 461 g/mol. The molecule has 8 heteroatoms. The van der Waals surface area contributed by atoms with E-state index in [1.807, 2.05) is 19.1 Å². The van der Waals surface area contributed by atoms with Crippen LogP contribution in [0.2, 0.25) is 0 Å². The minimum atomic E-state index is -1.38. The molecule has 3 aromatic carbocycles. The molecule has 166 valence electrons. The molecule has 2 heterocycles. The third kappa shape index (κ3) is 3.47. The van der Waals surface area contributed by atoms with Crippen molar-refractivity contribution in [2.24, 2.45) is 0 Å². The van der Waals surface area contributed by atoms with Gasteiger partial charge in [0.25, 0.3) is 5.91 Å². The van der Waals surface area contributed by atoms with Gasteiger partial charge in [0.2, 0.25) is 16.7 Å². The van der Waals surface area contributed by atoms with Crippen molar-refractivity contribution in [2.75, 3.05) is 27.4 Å². The Morgan fingerprint density at radius 3 is 2.58 bits per heavy atom. The first kappa shape index (κ1) is 21.2. The van der Waals surface area contributed by atoms with Gasteiger partial charge in [-0.3, -0.25) is 24.2 Å². The summed E-state index contributed by atoms with van der Waals surface area (Å²) in [5.74, 6) is -1.48. The molecule has 2 aliphatic heterocycles. The average Bonchev–Trinajstić information content (AvgIpc) is 3.26. The normalized spacial score (nSPS) is 19.3. The summed E-state index contributed by atoms with van der Waals surface area (Å²) in [5, 5.41) is 2.82. The summed E-state index contributed by atoms with van der Waals surface area (Å²) < 4.78 is 14.0. The van der Waals surface area contributed by atoms with Crippen LogP contribution >= 0.6 is 11.8 Å². The van der Waals surface area contributed by atoms with Crippen molar-refractivity contribution in [3.05, 3.63) is 89.7 Å². The van der Waals surface area contributed by atoms with Crippen LogP contribution in [-0.2, 0) is 19.3 Å². The van der Waals surface area contributed by atoms with Gasteiger partial charge in [-0.2, -0.15) is 0 Å². The Morgan fingerprint density at radius 1 is 1.06 bits per heavy atom. The average molecular weight is 462 g/mol. The second kappa shape index (κ2) is 8.04. The number of rotatable bonds is 4. The number of anilines is 3. The van der Waals surface area contributed by atoms with Gasteiger partial charge in [0.05, 0.1) is 11.4 Å². The summed E-state index contributed by atoms with van der Waals surface area (Å²) >= 11 is 1.19. The van der Waals surface area contributed by atoms with Gasteiger partial charge in [-0.25, -0.2) is 4.39 Å². The molecule has 1 spiro atoms. The number of carbonyl (C=O) groups excluding carboxylic acids is 3. The molecule has 2 aliphatic rings. The molecule has 0 aromatic heterocycles. The third-order valence-corrected chi connectivity index (χ3v) is 7.15. The number of hydrogen-bond donors (Lipinski definition) is 1. The zero-order chi connectivity index (χ0) is 23.2. The number of hydrogen-bond acceptors (Lipinski definition) is 4. The molecule has 0 aliphatic carbocycles. The highest BCUT2D eigenvalue weighted by atomic mass is 32.2. The Labute approximate surface area is 194 Å². The molecule has 1 unspecified atom stereocenters. The standard InChI is InChI=1S/C25H20FN3O3S/c1-16-9-11-18(12-10-16)27-22(30)14-28-21-8-3-2-7-20(21)25(24(28)32)29(23(31)15-33-25)19-6-4-5-17(26)13-19/h2-13H,14-15H2,1H3,(H,27,30). The summed E-state index contributed by atoms with van der Waals surface area (Å²) in [6.07, 6.45) is 0. The number of para-hydroxylation sites is 1. The van der Waals surface area contributed by atoms with Crippen LogP contribution in [0.4, 0.5) is 21.5 Å². The SMILES string of the molecule is Cc1ccc(NC(=O)CN2C(=O)C3(SCC(=O)N3c3cccc(F)c3)c3ccccc32)cc1. The number of nitrogens with zero attached hydrogens (tertiary/aromatic N) is 2. The molecule has 3 amide bonds. The molecular weight excluding hydrogens is 441 g/mol. The Kier molecular flexibility index (Phi) is 5.17. The quantitative estimate of drug-likeness (QED) is 0.637. The summed E-state index contributed by atoms with van der Waals surface area (Å²) in [4.78, 5) is 41.0. The first-order chi connectivity index (χ1) is 15.9. The fraction of sp³-hybridized carbons (Fsp3) is 0.160. The number of amides is 3. The molecule has 6 nitrogen and oxygen atoms in total. The highest BCUT2D eigenvalue weighted by molar-refractivity contribution is 8.02. The van der Waals surface area contributed by atoms with Crippen molar-refractivity contribution in [1.82, 2.24) is 0 Å². The second-order valence-electron chi connectivity index (χ2n) is 7.96. The molecule has 33 heavy (non-hydrogen) atoms. The zero-order valence-electron chi connectivity index (χ0n) is 17.7. The van der Waals surface area contributed by atoms with Gasteiger partial charge < -0.3 is 5.32 Å². The van der Waals surface area contributed by atoms with Crippen LogP contribution in [0.1, 0.15) is 11.1 Å². The van der Waals surface area contributed by atoms with Gasteiger partial charge in [0, 0.05) is 16.9 Å². The molecule has 0 bridgehead atoms. The lowest BCUT2D eigenvalue weighted by molar-refractivity contribution is -0.124. The van der Waals surface area contributed by atoms with Crippen LogP contribution in [0.25, 0.3) is 0 Å². The third-order valence-electron chi connectivity index (χ3n) is 5.77. The van der Waals surface area contributed by atoms with Gasteiger partial charge in [-0.15, -0.1) is 11.8 Å². The number of thioether (sulfide) groups is 1. The molecular formula is C25H20FN3O3S. The molecule has 5 rings (SSSR count). The van der Waals surface area contributed by atoms with Gasteiger partial charge in [-0.05, 0) is 43.3 Å². The first-order valence-corrected chi connectivity index (χ1v) is 11.4. The number of benzene rings is 3. The minimum absolute atomic E-state index is 0.0694. The molecule has 1 fully saturated rings. The van der Waals surface area contributed by atoms with Crippen molar-refractivity contribution in [1.29, 1.82) is 0 Å². The molecule has 0 saturated carbocycles. The summed E-state index contributed by atoms with van der Waals surface area (Å²) in [5.41, 5.74) is 3.17. The predicted octanol–water partition coefficient (Wildman–Crippen LogP) is 4.05. The molecule has 3 aromatic rings. The van der Waals surface area contributed by atoms with Crippen molar-refractivity contribution in [2.45, 2.75) is 11.8 Å². The molecule has 1 atom stereocenters. The Hall–Kier alpha value is -3.65. The fourth-order valence-electron chi connectivity index (χ4n) is 4.31. The number of aryl methyl sites for hydroxylation is 1. The highest BCUT2D eigenvalue weighted by Gasteiger charge is 2.61. The lowest BCUT2D eigenvalue weighted by Gasteiger charge is -2.33. The van der Waals surface area contributed by atoms with Crippen LogP contribution in [0.3, 0.4) is 0 Å². The van der Waals surface area contributed by atoms with Crippen LogP contribution in [0, 0.1) is 12.7 Å². The van der Waals surface area contributed by atoms with E-state index >= 15 is 0 Å². The van der Waals surface area contributed by atoms with E-state index in [4.69, 9.17) is 0 Å². The Morgan fingerprint density at radius 2 is 1.82 bits per heavy atom. The van der Waals surface area contributed by atoms with Gasteiger partial charge >= 0.3 is 0 Å². The maximum absolute atomic E-state index is 14.0. The minimum Gasteiger partial charge on any atom is -0.325 e. The summed E-state index contributed by atoms with van der Waals surface area (Å²) in [6, 6.07) is 20.1. The number of carbonyl (C=O) groups is 3. The van der Waals surface area contributed by atoms with Crippen LogP contribution in [0.15, 0.2) is 72.8 Å². The molecule has 1 saturated heterocycles. The van der Waals surface area contributed by atoms with Crippen molar-refractivity contribution < 1.29 is 18.8 Å². The van der Waals surface area contributed by atoms with E-state index < -0.39 is 16.6 Å². The number of fused-ring (bicyclic) bond motifs is 2. The van der Waals surface area contributed by atoms with E-state index in [0.29, 0.717) is 22.6 Å². The molecule has 1 N–H and O–H groups in total. The van der Waals surface area contributed by atoms with Crippen LogP contribution < -0.4 is 15.1 Å². The van der Waals surface area contributed by atoms with Crippen LogP contribution in [0.5, 0.6) is 0 Å². The van der Waals surface area contributed by atoms with E-state index in [1.54, 1.807) is 42.5 Å². The topological polar surface area (TPSA) is 69.7 Å². The van der Waals surface area contributed by atoms with Crippen LogP contribution in [-0.4, -0.2) is 30.0 Å². The Balaban J connectivity index is 1.51. The lowest BCUT2D eigenvalue weighted by atomic mass is 10.0. The van der Waals surface area contributed by atoms with E-state index in [0.717, 1.165) is 5.56 Å². The van der Waals surface area contributed by atoms with E-state index in [-0.39, 0.29) is 24.1 Å². The van der Waals surface area contributed by atoms with E-state index in [1.165, 1.54) is 39.8 Å². The van der Waals surface area contributed by atoms with Gasteiger partial charge in [0.1, 0.15) is 12.4 Å². The second-order valence-corrected chi connectivity index (χ2v) is 9.13. The van der Waals surface area contributed by atoms with Gasteiger partial charge in [-0.1, -0.05) is 42.0 Å². The maximum Gasteiger partial charge on any atom is 0.269 e. The van der Waals surface area contributed by atoms with Crippen molar-refractivity contribution in [3.8, 4) is 0 Å². The maximum atomic E-state index is 14.0. The highest BCUT2D eigenvalue weighted by Crippen LogP contribution is 2.55. The first-order valence-electron chi connectivity index (χ1n) is 10.4. The largest absolute Gasteiger partial charge is 0.325 e. The van der Waals surface area contributed by atoms with Crippen molar-refractivity contribution >= 4 is 46.5 Å². The van der Waals surface area contributed by atoms with Crippen molar-refractivity contribution in [3.63, 3.8) is 0 Å². The predicted molar refractivity (Wildman–Crippen MR) is 127 cm³/mol. The lowest BCUT2D eigenvalue weighted by Crippen LogP contribution is -2.50. The van der Waals surface area contributed by atoms with E-state index in [9.17, 15) is 18.8 Å². The summed E-state index contributed by atoms with van der Waals surface area (Å²) in [7, 11) is 0. The number of nitrogens with one attached hydrogen (secondary N) is 1. The summed E-state index contributed by atoms with van der Waals surface area (Å²) in [6.45, 7) is 1.74. The molecule has 0 radical (unpaired) electrons. The zero-order valence-corrected chi connectivity index (χ0v) is 18.6. The van der Waals surface area contributed by atoms with Gasteiger partial charge in [0.15, 0.2) is 0 Å². The number of halogens is 1. The Bertz CT molecular complexity index is 1280.